The number of ether oxygens (including phenoxy) is 2. The van der Waals surface area contributed by atoms with Crippen molar-refractivity contribution in [3.8, 4) is 0 Å². The quantitative estimate of drug-likeness (QED) is 0.110. The third-order valence-corrected chi connectivity index (χ3v) is 12.4. The van der Waals surface area contributed by atoms with Gasteiger partial charge in [-0.25, -0.2) is 15.0 Å². The molecule has 5 aliphatic heterocycles. The first-order chi connectivity index (χ1) is 28.3. The molecular formula is C48H59N6O5+. The van der Waals surface area contributed by atoms with Gasteiger partial charge in [0, 0.05) is 79.6 Å². The Hall–Kier alpha value is -5.42. The summed E-state index contributed by atoms with van der Waals surface area (Å²) in [5, 5.41) is 15.3. The predicted molar refractivity (Wildman–Crippen MR) is 232 cm³/mol. The number of hydrogen-bond acceptors (Lipinski definition) is 9. The van der Waals surface area contributed by atoms with E-state index in [1.165, 1.54) is 17.7 Å². The van der Waals surface area contributed by atoms with Crippen molar-refractivity contribution in [2.45, 2.75) is 113 Å². The maximum absolute atomic E-state index is 13.4. The number of nitrogens with zero attached hydrogens (tertiary/aromatic N) is 5. The number of carbonyl (C=O) groups excluding carboxylic acids is 2. The number of allylic oxidation sites excluding steroid dienone is 11. The van der Waals surface area contributed by atoms with Gasteiger partial charge in [-0.3, -0.25) is 9.59 Å². The Morgan fingerprint density at radius 1 is 1.00 bits per heavy atom. The summed E-state index contributed by atoms with van der Waals surface area (Å²) in [5.74, 6) is -0.256. The molecule has 2 unspecified atom stereocenters. The number of aromatic nitrogens is 1. The number of pyridine rings is 1. The normalized spacial score (nSPS) is 21.4. The van der Waals surface area contributed by atoms with Crippen LogP contribution in [0.15, 0.2) is 131 Å². The Morgan fingerprint density at radius 3 is 2.51 bits per heavy atom. The summed E-state index contributed by atoms with van der Waals surface area (Å²) in [7, 11) is 3.41. The van der Waals surface area contributed by atoms with Crippen molar-refractivity contribution in [3.63, 3.8) is 0 Å². The van der Waals surface area contributed by atoms with E-state index in [-0.39, 0.29) is 43.0 Å². The van der Waals surface area contributed by atoms with Crippen LogP contribution in [0.5, 0.6) is 0 Å². The second-order valence-electron chi connectivity index (χ2n) is 16.6. The number of amides is 1. The zero-order valence-corrected chi connectivity index (χ0v) is 36.2. The summed E-state index contributed by atoms with van der Waals surface area (Å²) in [4.78, 5) is 43.1. The van der Waals surface area contributed by atoms with E-state index >= 15 is 0 Å². The number of unbranched alkanes of at least 4 members (excludes halogenated alkanes) is 3. The molecule has 3 atom stereocenters. The average Bonchev–Trinajstić information content (AvgIpc) is 3.97. The minimum atomic E-state index is -0.333. The number of aliphatic hydroxyl groups is 1. The van der Waals surface area contributed by atoms with Crippen LogP contribution in [0.2, 0.25) is 0 Å². The number of carbonyl (C=O) groups is 2. The standard InChI is InChI=1S/C48H58N6O5/c1-10-12-13-14-20-58-31(7)44-29(5)38-22-37-28(4)34(17-18-43(56)59-26-54-19-15-16-32(25-54)48(57)53(8)9)46(51-37)35-21-42(55)45-30(6)39(52-47(35)45)23-40-33(11-2)27(3)36(49-40)24-41(44)50-38/h15-16,19,22-25,28,31,34H,10-14,17-18,20-21,26H2,1-9H3,(H-,49,50,51,52,55)/p+1/t28?,31?,34-/m0/s1. The van der Waals surface area contributed by atoms with Crippen molar-refractivity contribution >= 4 is 29.0 Å². The number of fused-ring (bicyclic) bond motifs is 5. The third kappa shape index (κ3) is 8.26. The fourth-order valence-electron chi connectivity index (χ4n) is 8.99. The molecule has 2 N–H and O–H groups in total. The van der Waals surface area contributed by atoms with Crippen molar-refractivity contribution in [2.75, 3.05) is 20.7 Å². The molecule has 0 saturated carbocycles. The maximum atomic E-state index is 13.4. The molecule has 1 amide bonds. The molecule has 0 spiro atoms. The molecule has 6 heterocycles. The van der Waals surface area contributed by atoms with Gasteiger partial charge in [-0.1, -0.05) is 40.0 Å². The van der Waals surface area contributed by atoms with Gasteiger partial charge in [0.1, 0.15) is 11.3 Å². The highest BCUT2D eigenvalue weighted by molar-refractivity contribution is 6.21. The Balaban J connectivity index is 1.25. The average molecular weight is 800 g/mol. The lowest BCUT2D eigenvalue weighted by Gasteiger charge is -2.17. The number of aliphatic hydroxyl groups excluding tert-OH is 1. The van der Waals surface area contributed by atoms with Gasteiger partial charge < -0.3 is 24.8 Å². The van der Waals surface area contributed by atoms with Crippen molar-refractivity contribution in [3.05, 3.63) is 122 Å². The van der Waals surface area contributed by atoms with Gasteiger partial charge in [0.15, 0.2) is 12.4 Å². The van der Waals surface area contributed by atoms with Gasteiger partial charge in [0.05, 0.1) is 40.3 Å². The minimum absolute atomic E-state index is 0.00345. The zero-order valence-electron chi connectivity index (χ0n) is 36.2. The lowest BCUT2D eigenvalue weighted by atomic mass is 9.86. The third-order valence-electron chi connectivity index (χ3n) is 12.4. The maximum Gasteiger partial charge on any atom is 0.310 e. The summed E-state index contributed by atoms with van der Waals surface area (Å²) in [6.45, 7) is 15.6. The van der Waals surface area contributed by atoms with Crippen LogP contribution in [0, 0.1) is 11.8 Å². The van der Waals surface area contributed by atoms with E-state index < -0.39 is 0 Å². The number of esters is 1. The fraction of sp³-hybridized carbons (Fsp3) is 0.458. The molecule has 1 fully saturated rings. The van der Waals surface area contributed by atoms with Crippen LogP contribution in [0.3, 0.4) is 0 Å². The van der Waals surface area contributed by atoms with E-state index in [1.807, 2.05) is 6.92 Å². The van der Waals surface area contributed by atoms with Crippen molar-refractivity contribution in [1.29, 1.82) is 0 Å². The molecule has 310 valence electrons. The van der Waals surface area contributed by atoms with Gasteiger partial charge in [-0.05, 0) is 93.5 Å². The van der Waals surface area contributed by atoms with Gasteiger partial charge in [-0.2, -0.15) is 4.57 Å². The fourth-order valence-corrected chi connectivity index (χ4v) is 8.99. The van der Waals surface area contributed by atoms with Crippen LogP contribution in [-0.2, 0) is 21.0 Å². The zero-order chi connectivity index (χ0) is 42.1. The molecule has 8 bridgehead atoms. The highest BCUT2D eigenvalue weighted by atomic mass is 16.5. The molecular weight excluding hydrogens is 741 g/mol. The Morgan fingerprint density at radius 2 is 1.76 bits per heavy atom. The molecule has 1 aromatic rings. The predicted octanol–water partition coefficient (Wildman–Crippen LogP) is 8.61. The molecule has 0 radical (unpaired) electrons. The van der Waals surface area contributed by atoms with Crippen LogP contribution < -0.4 is 9.88 Å². The summed E-state index contributed by atoms with van der Waals surface area (Å²) in [5.41, 5.74) is 14.6. The largest absolute Gasteiger partial charge is 0.511 e. The van der Waals surface area contributed by atoms with Gasteiger partial charge in [0.25, 0.3) is 12.6 Å². The molecule has 6 aliphatic rings. The number of aliphatic imine (C=N–C) groups is 3. The van der Waals surface area contributed by atoms with Crippen LogP contribution in [0.25, 0.3) is 0 Å². The molecule has 7 rings (SSSR count). The molecule has 1 aliphatic carbocycles. The van der Waals surface area contributed by atoms with E-state index in [1.54, 1.807) is 43.2 Å². The first-order valence-corrected chi connectivity index (χ1v) is 21.3. The van der Waals surface area contributed by atoms with Gasteiger partial charge in [-0.15, -0.1) is 0 Å². The minimum Gasteiger partial charge on any atom is -0.511 e. The van der Waals surface area contributed by atoms with Crippen LogP contribution in [0.4, 0.5) is 0 Å². The lowest BCUT2D eigenvalue weighted by molar-refractivity contribution is -0.727. The first kappa shape index (κ1) is 41.7. The smallest absolute Gasteiger partial charge is 0.310 e. The molecule has 1 saturated heterocycles. The van der Waals surface area contributed by atoms with E-state index in [0.717, 1.165) is 104 Å². The number of nitrogens with one attached hydrogen (secondary N) is 1. The number of hydrogen-bond donors (Lipinski definition) is 2. The van der Waals surface area contributed by atoms with Crippen molar-refractivity contribution in [1.82, 2.24) is 10.2 Å². The monoisotopic (exact) mass is 799 g/mol. The van der Waals surface area contributed by atoms with Crippen LogP contribution in [-0.4, -0.2) is 65.8 Å². The van der Waals surface area contributed by atoms with Gasteiger partial charge >= 0.3 is 5.97 Å². The molecule has 1 aromatic heterocycles. The Labute approximate surface area is 348 Å². The Bertz CT molecular complexity index is 2320. The van der Waals surface area contributed by atoms with Crippen molar-refractivity contribution < 1.29 is 28.7 Å². The second kappa shape index (κ2) is 17.4. The molecule has 0 aromatic carbocycles. The first-order valence-electron chi connectivity index (χ1n) is 21.3. The van der Waals surface area contributed by atoms with Crippen molar-refractivity contribution in [2.24, 2.45) is 26.8 Å². The van der Waals surface area contributed by atoms with E-state index in [4.69, 9.17) is 24.5 Å². The summed E-state index contributed by atoms with van der Waals surface area (Å²) in [6, 6.07) is 3.51. The van der Waals surface area contributed by atoms with Gasteiger partial charge in [0.2, 0.25) is 0 Å². The molecule has 59 heavy (non-hydrogen) atoms. The highest BCUT2D eigenvalue weighted by Crippen LogP contribution is 2.46. The molecule has 11 nitrogen and oxygen atoms in total. The summed E-state index contributed by atoms with van der Waals surface area (Å²) >= 11 is 0. The van der Waals surface area contributed by atoms with Crippen LogP contribution >= 0.6 is 0 Å². The lowest BCUT2D eigenvalue weighted by Crippen LogP contribution is -2.37. The summed E-state index contributed by atoms with van der Waals surface area (Å²) < 4.78 is 13.9. The van der Waals surface area contributed by atoms with Crippen LogP contribution in [0.1, 0.15) is 110 Å². The number of rotatable bonds is 14. The van der Waals surface area contributed by atoms with E-state index in [2.05, 4.69) is 65.1 Å². The SMILES string of the molecule is CCCCCCOC(C)C1=C(C)C2=NC1=CC1=NC(=CC3=C(C)C4=C(O)CC(=C5NC(=C2)C(C)[C@@H]5CCC(=O)OC[n+]2cccc(C(=O)N(C)C)c2)C4=N3)C(CC)=C1C. The topological polar surface area (TPSA) is 129 Å². The second-order valence-corrected chi connectivity index (χ2v) is 16.6. The highest BCUT2D eigenvalue weighted by Gasteiger charge is 2.41. The molecule has 11 heteroatoms. The van der Waals surface area contributed by atoms with E-state index in [9.17, 15) is 14.7 Å². The Kier molecular flexibility index (Phi) is 12.3. The summed E-state index contributed by atoms with van der Waals surface area (Å²) in [6.07, 6.45) is 16.0. The van der Waals surface area contributed by atoms with E-state index in [0.29, 0.717) is 30.8 Å².